The van der Waals surface area contributed by atoms with Gasteiger partial charge in [-0.05, 0) is 42.7 Å². The molecule has 174 valence electrons. The molecule has 0 unspecified atom stereocenters. The molecule has 0 saturated carbocycles. The van der Waals surface area contributed by atoms with Crippen LogP contribution < -0.4 is 14.8 Å². The number of ether oxygens (including phenoxy) is 2. The molecule has 0 aliphatic carbocycles. The fourth-order valence-electron chi connectivity index (χ4n) is 3.41. The van der Waals surface area contributed by atoms with E-state index in [1.807, 2.05) is 0 Å². The Hall–Kier alpha value is -3.34. The lowest BCUT2D eigenvalue weighted by Gasteiger charge is -2.14. The highest BCUT2D eigenvalue weighted by Gasteiger charge is 2.21. The Bertz CT molecular complexity index is 1300. The number of fused-ring (bicyclic) bond motifs is 6. The Kier molecular flexibility index (Phi) is 6.41. The van der Waals surface area contributed by atoms with E-state index in [0.29, 0.717) is 30.9 Å². The largest absolute Gasteiger partial charge is 0.494 e. The summed E-state index contributed by atoms with van der Waals surface area (Å²) >= 11 is 0. The first-order chi connectivity index (χ1) is 15.7. The molecule has 0 saturated heterocycles. The van der Waals surface area contributed by atoms with Gasteiger partial charge in [0, 0.05) is 29.3 Å². The Morgan fingerprint density at radius 1 is 1.03 bits per heavy atom. The summed E-state index contributed by atoms with van der Waals surface area (Å²) < 4.78 is 70.2. The number of rotatable bonds is 2. The van der Waals surface area contributed by atoms with Gasteiger partial charge in [0.1, 0.15) is 11.4 Å². The molecule has 0 radical (unpaired) electrons. The first-order valence-electron chi connectivity index (χ1n) is 10.1. The summed E-state index contributed by atoms with van der Waals surface area (Å²) in [6.07, 6.45) is 3.56. The van der Waals surface area contributed by atoms with Crippen LogP contribution in [0.4, 0.5) is 24.8 Å². The first-order valence-corrected chi connectivity index (χ1v) is 12.3. The molecule has 1 aliphatic rings. The van der Waals surface area contributed by atoms with E-state index in [9.17, 15) is 13.2 Å². The summed E-state index contributed by atoms with van der Waals surface area (Å²) in [5.41, 5.74) is 0.995. The molecule has 0 amide bonds. The number of hydrogen-bond acceptors (Lipinski definition) is 7. The summed E-state index contributed by atoms with van der Waals surface area (Å²) in [5.74, 6) is -2.76. The predicted octanol–water partition coefficient (Wildman–Crippen LogP) is 5.66. The molecule has 33 heavy (non-hydrogen) atoms. The molecule has 3 N–H and O–H groups in total. The van der Waals surface area contributed by atoms with Crippen molar-refractivity contribution >= 4 is 21.3 Å². The topological polar surface area (TPSA) is 104 Å². The van der Waals surface area contributed by atoms with E-state index >= 15 is 0 Å². The fourth-order valence-corrected chi connectivity index (χ4v) is 4.24. The molecule has 2 heterocycles. The van der Waals surface area contributed by atoms with Gasteiger partial charge in [-0.15, -0.1) is 0 Å². The predicted molar refractivity (Wildman–Crippen MR) is 120 cm³/mol. The summed E-state index contributed by atoms with van der Waals surface area (Å²) in [6, 6.07) is 7.35. The van der Waals surface area contributed by atoms with Crippen molar-refractivity contribution in [3.8, 4) is 22.8 Å². The van der Waals surface area contributed by atoms with E-state index in [4.69, 9.17) is 19.0 Å². The molecule has 1 aromatic heterocycles. The van der Waals surface area contributed by atoms with Crippen molar-refractivity contribution in [1.29, 1.82) is 9.56 Å². The van der Waals surface area contributed by atoms with E-state index in [-0.39, 0.29) is 29.6 Å². The Balaban J connectivity index is 1.81. The lowest BCUT2D eigenvalue weighted by atomic mass is 10.1. The zero-order valence-corrected chi connectivity index (χ0v) is 18.6. The van der Waals surface area contributed by atoms with Crippen molar-refractivity contribution in [2.75, 3.05) is 24.8 Å². The molecule has 4 bridgehead atoms. The Labute approximate surface area is 189 Å². The number of benzene rings is 2. The summed E-state index contributed by atoms with van der Waals surface area (Å²) in [7, 11) is -2.31. The van der Waals surface area contributed by atoms with Gasteiger partial charge in [-0.25, -0.2) is 18.7 Å². The fraction of sp³-hybridized carbons (Fsp3) is 0.273. The average Bonchev–Trinajstić information content (AvgIpc) is 2.73. The minimum absolute atomic E-state index is 0.0203. The van der Waals surface area contributed by atoms with Crippen LogP contribution in [-0.4, -0.2) is 29.4 Å². The van der Waals surface area contributed by atoms with E-state index < -0.39 is 32.8 Å². The third-order valence-corrected chi connectivity index (χ3v) is 5.69. The van der Waals surface area contributed by atoms with Gasteiger partial charge in [0.15, 0.2) is 17.4 Å². The van der Waals surface area contributed by atoms with Gasteiger partial charge in [0.05, 0.1) is 19.4 Å². The van der Waals surface area contributed by atoms with Gasteiger partial charge in [-0.2, -0.15) is 4.39 Å². The van der Waals surface area contributed by atoms with Crippen LogP contribution in [0.25, 0.3) is 11.3 Å². The molecule has 0 atom stereocenters. The maximum atomic E-state index is 14.6. The molecular formula is C22H22F3N5O2S. The second kappa shape index (κ2) is 9.26. The number of nitrogens with zero attached hydrogens (tertiary/aromatic N) is 2. The van der Waals surface area contributed by atoms with Gasteiger partial charge in [0.25, 0.3) is 0 Å². The third-order valence-electron chi connectivity index (χ3n) is 4.78. The van der Waals surface area contributed by atoms with Crippen LogP contribution in [0.15, 0.2) is 36.5 Å². The molecule has 11 heteroatoms. The van der Waals surface area contributed by atoms with Crippen LogP contribution in [0, 0.1) is 27.0 Å². The van der Waals surface area contributed by atoms with Crippen molar-refractivity contribution in [1.82, 2.24) is 9.97 Å². The molecule has 2 aromatic carbocycles. The molecular weight excluding hydrogens is 455 g/mol. The van der Waals surface area contributed by atoms with Crippen molar-refractivity contribution in [2.24, 2.45) is 0 Å². The van der Waals surface area contributed by atoms with E-state index in [1.54, 1.807) is 24.5 Å². The smallest absolute Gasteiger partial charge is 0.227 e. The maximum absolute atomic E-state index is 14.6. The van der Waals surface area contributed by atoms with Crippen LogP contribution in [0.2, 0.25) is 0 Å². The van der Waals surface area contributed by atoms with E-state index in [2.05, 4.69) is 15.3 Å². The SMILES string of the molecule is CS(=N)(=N)Cc1cc2cc(c1)OCCCCOc1c(ccc(F)c1F)-c1nc(ncc1F)N2. The Morgan fingerprint density at radius 2 is 1.79 bits per heavy atom. The minimum atomic E-state index is -2.31. The third kappa shape index (κ3) is 5.54. The summed E-state index contributed by atoms with van der Waals surface area (Å²) in [4.78, 5) is 8.13. The average molecular weight is 478 g/mol. The van der Waals surface area contributed by atoms with Gasteiger partial charge >= 0.3 is 0 Å². The first kappa shape index (κ1) is 22.8. The number of halogens is 3. The minimum Gasteiger partial charge on any atom is -0.494 e. The monoisotopic (exact) mass is 477 g/mol. The normalized spacial score (nSPS) is 14.1. The van der Waals surface area contributed by atoms with Crippen LogP contribution in [0.1, 0.15) is 18.4 Å². The van der Waals surface area contributed by atoms with Gasteiger partial charge < -0.3 is 14.8 Å². The van der Waals surface area contributed by atoms with Crippen molar-refractivity contribution in [3.63, 3.8) is 0 Å². The zero-order chi connectivity index (χ0) is 23.6. The van der Waals surface area contributed by atoms with Crippen molar-refractivity contribution in [2.45, 2.75) is 18.6 Å². The zero-order valence-electron chi connectivity index (χ0n) is 17.8. The summed E-state index contributed by atoms with van der Waals surface area (Å²) in [5, 5.41) is 2.97. The highest BCUT2D eigenvalue weighted by Crippen LogP contribution is 2.35. The van der Waals surface area contributed by atoms with Gasteiger partial charge in [-0.1, -0.05) is 9.62 Å². The maximum Gasteiger partial charge on any atom is 0.227 e. The number of aromatic nitrogens is 2. The second-order valence-electron chi connectivity index (χ2n) is 7.75. The van der Waals surface area contributed by atoms with Crippen LogP contribution in [0.5, 0.6) is 11.5 Å². The van der Waals surface area contributed by atoms with Gasteiger partial charge in [0.2, 0.25) is 11.8 Å². The van der Waals surface area contributed by atoms with Crippen LogP contribution in [0.3, 0.4) is 0 Å². The van der Waals surface area contributed by atoms with Crippen LogP contribution in [-0.2, 0) is 15.4 Å². The van der Waals surface area contributed by atoms with E-state index in [0.717, 1.165) is 17.8 Å². The second-order valence-corrected chi connectivity index (χ2v) is 10.2. The lowest BCUT2D eigenvalue weighted by Crippen LogP contribution is -2.06. The summed E-state index contributed by atoms with van der Waals surface area (Å²) in [6.45, 7) is 0.411. The lowest BCUT2D eigenvalue weighted by molar-refractivity contribution is 0.258. The number of nitrogens with one attached hydrogen (secondary N) is 3. The number of anilines is 2. The molecule has 7 nitrogen and oxygen atoms in total. The molecule has 1 aliphatic heterocycles. The molecule has 3 aromatic rings. The number of hydrogen-bond donors (Lipinski definition) is 3. The van der Waals surface area contributed by atoms with Crippen LogP contribution >= 0.6 is 0 Å². The molecule has 4 rings (SSSR count). The standard InChI is InChI=1S/C22H22F3N5O2S/c1-33(26,27)12-13-8-14-10-15(9-13)31-6-2-3-7-32-21-16(4-5-17(23)19(21)25)20-18(24)11-28-22(29-14)30-20/h4-5,8-11,26-27H,2-3,6-7,12H2,1H3,(H,28,29,30). The highest BCUT2D eigenvalue weighted by atomic mass is 32.2. The van der Waals surface area contributed by atoms with Crippen molar-refractivity contribution < 1.29 is 22.6 Å². The van der Waals surface area contributed by atoms with Gasteiger partial charge in [-0.3, -0.25) is 9.56 Å². The van der Waals surface area contributed by atoms with E-state index in [1.165, 1.54) is 6.07 Å². The Morgan fingerprint density at radius 3 is 2.55 bits per heavy atom. The molecule has 0 fully saturated rings. The van der Waals surface area contributed by atoms with Crippen molar-refractivity contribution in [3.05, 3.63) is 59.5 Å². The highest BCUT2D eigenvalue weighted by molar-refractivity contribution is 7.91. The molecule has 0 spiro atoms. The quantitative estimate of drug-likeness (QED) is 0.442.